The van der Waals surface area contributed by atoms with Gasteiger partial charge in [-0.25, -0.2) is 4.98 Å². The van der Waals surface area contributed by atoms with Crippen LogP contribution in [-0.4, -0.2) is 32.0 Å². The molecule has 1 atom stereocenters. The van der Waals surface area contributed by atoms with Crippen LogP contribution in [0.25, 0.3) is 11.4 Å². The molecule has 1 unspecified atom stereocenters. The number of ether oxygens (including phenoxy) is 1. The van der Waals surface area contributed by atoms with Crippen LogP contribution in [0.2, 0.25) is 0 Å². The maximum Gasteiger partial charge on any atom is 0.110 e. The number of hydrogen-bond acceptors (Lipinski definition) is 3. The van der Waals surface area contributed by atoms with E-state index in [0.29, 0.717) is 11.3 Å². The van der Waals surface area contributed by atoms with Gasteiger partial charge in [0.2, 0.25) is 0 Å². The van der Waals surface area contributed by atoms with Gasteiger partial charge in [0.05, 0.1) is 29.9 Å². The number of nitrogens with zero attached hydrogens (tertiary/aromatic N) is 4. The second kappa shape index (κ2) is 4.94. The number of imidazole rings is 1. The van der Waals surface area contributed by atoms with Crippen LogP contribution < -0.4 is 0 Å². The number of aryl methyl sites for hydroxylation is 1. The minimum Gasteiger partial charge on any atom is -0.376 e. The van der Waals surface area contributed by atoms with Crippen LogP contribution in [0.4, 0.5) is 0 Å². The average Bonchev–Trinajstić information content (AvgIpc) is 3.27. The third-order valence-electron chi connectivity index (χ3n) is 6.76. The van der Waals surface area contributed by atoms with E-state index >= 15 is 0 Å². The Morgan fingerprint density at radius 1 is 1.25 bits per heavy atom. The van der Waals surface area contributed by atoms with Crippen LogP contribution in [0, 0.1) is 5.41 Å². The van der Waals surface area contributed by atoms with Gasteiger partial charge in [-0.05, 0) is 43.6 Å². The van der Waals surface area contributed by atoms with Crippen LogP contribution in [0.1, 0.15) is 56.6 Å². The molecule has 3 fully saturated rings. The summed E-state index contributed by atoms with van der Waals surface area (Å²) in [5.74, 6) is 0.681. The van der Waals surface area contributed by atoms with E-state index in [-0.39, 0.29) is 5.60 Å². The molecule has 5 nitrogen and oxygen atoms in total. The minimum atomic E-state index is 0.00475. The summed E-state index contributed by atoms with van der Waals surface area (Å²) >= 11 is 0. The lowest BCUT2D eigenvalue weighted by molar-refractivity contribution is -0.0188. The van der Waals surface area contributed by atoms with E-state index in [1.807, 2.05) is 31.4 Å². The van der Waals surface area contributed by atoms with Gasteiger partial charge >= 0.3 is 0 Å². The Kier molecular flexibility index (Phi) is 3.03. The van der Waals surface area contributed by atoms with Gasteiger partial charge in [-0.1, -0.05) is 12.8 Å². The molecule has 0 saturated heterocycles. The fourth-order valence-electron chi connectivity index (χ4n) is 4.89. The molecule has 0 radical (unpaired) electrons. The highest BCUT2D eigenvalue weighted by Gasteiger charge is 2.64. The summed E-state index contributed by atoms with van der Waals surface area (Å²) in [7, 11) is 3.88. The maximum atomic E-state index is 5.98. The first-order valence-corrected chi connectivity index (χ1v) is 9.25. The summed E-state index contributed by atoms with van der Waals surface area (Å²) in [5.41, 5.74) is 4.31. The van der Waals surface area contributed by atoms with Crippen LogP contribution in [0.5, 0.6) is 0 Å². The Labute approximate surface area is 143 Å². The van der Waals surface area contributed by atoms with Gasteiger partial charge in [0.1, 0.15) is 5.69 Å². The highest BCUT2D eigenvalue weighted by Crippen LogP contribution is 2.75. The molecular weight excluding hydrogens is 300 g/mol. The van der Waals surface area contributed by atoms with Crippen LogP contribution >= 0.6 is 0 Å². The Hall–Kier alpha value is -1.62. The predicted molar refractivity (Wildman–Crippen MR) is 91.7 cm³/mol. The Bertz CT molecular complexity index is 764. The molecule has 3 aliphatic rings. The average molecular weight is 326 g/mol. The van der Waals surface area contributed by atoms with E-state index in [4.69, 9.17) is 9.72 Å². The normalized spacial score (nSPS) is 26.2. The van der Waals surface area contributed by atoms with Crippen molar-refractivity contribution in [1.29, 1.82) is 0 Å². The zero-order valence-electron chi connectivity index (χ0n) is 14.7. The summed E-state index contributed by atoms with van der Waals surface area (Å²) in [4.78, 5) is 4.83. The number of methoxy groups -OCH3 is 1. The Balaban J connectivity index is 1.55. The van der Waals surface area contributed by atoms with Gasteiger partial charge in [0, 0.05) is 26.3 Å². The molecule has 2 heterocycles. The SMILES string of the molecule is COC1(Cn2cnc(-c3ccnn3C)c2C2CC23CC3)CCCC1. The summed E-state index contributed by atoms with van der Waals surface area (Å²) in [6.45, 7) is 0.941. The predicted octanol–water partition coefficient (Wildman–Crippen LogP) is 3.51. The first-order chi connectivity index (χ1) is 11.7. The van der Waals surface area contributed by atoms with Gasteiger partial charge in [0.25, 0.3) is 0 Å². The van der Waals surface area contributed by atoms with Gasteiger partial charge in [0.15, 0.2) is 0 Å². The van der Waals surface area contributed by atoms with E-state index in [2.05, 4.69) is 15.7 Å². The molecule has 0 aromatic carbocycles. The van der Waals surface area contributed by atoms with Crippen molar-refractivity contribution in [3.63, 3.8) is 0 Å². The third-order valence-corrected chi connectivity index (χ3v) is 6.76. The molecule has 1 spiro atoms. The molecule has 5 heteroatoms. The molecule has 0 bridgehead atoms. The molecule has 0 amide bonds. The fraction of sp³-hybridized carbons (Fsp3) is 0.684. The molecule has 0 N–H and O–H groups in total. The molecule has 128 valence electrons. The molecule has 5 rings (SSSR count). The van der Waals surface area contributed by atoms with E-state index in [0.717, 1.165) is 30.8 Å². The van der Waals surface area contributed by atoms with Crippen molar-refractivity contribution in [1.82, 2.24) is 19.3 Å². The zero-order valence-corrected chi connectivity index (χ0v) is 14.7. The van der Waals surface area contributed by atoms with E-state index < -0.39 is 0 Å². The smallest absolute Gasteiger partial charge is 0.110 e. The zero-order chi connectivity index (χ0) is 16.4. The van der Waals surface area contributed by atoms with Crippen molar-refractivity contribution in [3.05, 3.63) is 24.3 Å². The molecular formula is C19H26N4O. The topological polar surface area (TPSA) is 44.9 Å². The fourth-order valence-corrected chi connectivity index (χ4v) is 4.89. The van der Waals surface area contributed by atoms with E-state index in [1.54, 1.807) is 0 Å². The summed E-state index contributed by atoms with van der Waals surface area (Å²) < 4.78 is 10.3. The maximum absolute atomic E-state index is 5.98. The molecule has 2 aromatic rings. The Morgan fingerprint density at radius 3 is 2.62 bits per heavy atom. The van der Waals surface area contributed by atoms with Crippen molar-refractivity contribution in [2.24, 2.45) is 12.5 Å². The number of aromatic nitrogens is 4. The van der Waals surface area contributed by atoms with Crippen LogP contribution in [0.15, 0.2) is 18.6 Å². The highest BCUT2D eigenvalue weighted by molar-refractivity contribution is 5.60. The second-order valence-electron chi connectivity index (χ2n) is 8.16. The number of hydrogen-bond donors (Lipinski definition) is 0. The largest absolute Gasteiger partial charge is 0.376 e. The summed E-state index contributed by atoms with van der Waals surface area (Å²) in [6, 6.07) is 2.08. The lowest BCUT2D eigenvalue weighted by Gasteiger charge is -2.28. The van der Waals surface area contributed by atoms with Crippen molar-refractivity contribution in [3.8, 4) is 11.4 Å². The summed E-state index contributed by atoms with van der Waals surface area (Å²) in [6.07, 6.45) is 12.9. The van der Waals surface area contributed by atoms with Crippen LogP contribution in [0.3, 0.4) is 0 Å². The van der Waals surface area contributed by atoms with Gasteiger partial charge in [-0.3, -0.25) is 4.68 Å². The highest BCUT2D eigenvalue weighted by atomic mass is 16.5. The third kappa shape index (κ3) is 2.10. The second-order valence-corrected chi connectivity index (χ2v) is 8.16. The molecule has 2 aromatic heterocycles. The molecule has 3 aliphatic carbocycles. The van der Waals surface area contributed by atoms with Crippen molar-refractivity contribution < 1.29 is 4.74 Å². The monoisotopic (exact) mass is 326 g/mol. The first kappa shape index (κ1) is 14.7. The lowest BCUT2D eigenvalue weighted by Crippen LogP contribution is -2.33. The molecule has 0 aliphatic heterocycles. The van der Waals surface area contributed by atoms with Crippen molar-refractivity contribution >= 4 is 0 Å². The molecule has 3 saturated carbocycles. The van der Waals surface area contributed by atoms with Gasteiger partial charge in [-0.2, -0.15) is 5.10 Å². The number of rotatable bonds is 5. The molecule has 24 heavy (non-hydrogen) atoms. The van der Waals surface area contributed by atoms with Gasteiger partial charge in [-0.15, -0.1) is 0 Å². The first-order valence-electron chi connectivity index (χ1n) is 9.25. The van der Waals surface area contributed by atoms with Gasteiger partial charge < -0.3 is 9.30 Å². The lowest BCUT2D eigenvalue weighted by atomic mass is 10.0. The van der Waals surface area contributed by atoms with Crippen molar-refractivity contribution in [2.45, 2.75) is 63.0 Å². The standard InChI is InChI=1S/C19H26N4O/c1-22-15(5-10-21-22)16-17(14-11-18(14)8-9-18)23(13-20-16)12-19(24-2)6-3-4-7-19/h5,10,13-14H,3-4,6-9,11-12H2,1-2H3. The van der Waals surface area contributed by atoms with Crippen LogP contribution in [-0.2, 0) is 18.3 Å². The van der Waals surface area contributed by atoms with E-state index in [1.165, 1.54) is 37.8 Å². The van der Waals surface area contributed by atoms with Crippen molar-refractivity contribution in [2.75, 3.05) is 7.11 Å². The quantitative estimate of drug-likeness (QED) is 0.844. The Morgan fingerprint density at radius 2 is 2.04 bits per heavy atom. The summed E-state index contributed by atoms with van der Waals surface area (Å²) in [5, 5.41) is 4.35. The van der Waals surface area contributed by atoms with E-state index in [9.17, 15) is 0 Å². The minimum absolute atomic E-state index is 0.00475.